The van der Waals surface area contributed by atoms with Gasteiger partial charge in [0.25, 0.3) is 5.88 Å². The molecule has 2 fully saturated rings. The fourth-order valence-corrected chi connectivity index (χ4v) is 11.7. The lowest BCUT2D eigenvalue weighted by atomic mass is 9.91. The van der Waals surface area contributed by atoms with Crippen LogP contribution in [0.2, 0.25) is 5.02 Å². The Morgan fingerprint density at radius 3 is 2.45 bits per heavy atom. The third-order valence-corrected chi connectivity index (χ3v) is 16.3. The Bertz CT molecular complexity index is 3490. The topological polar surface area (TPSA) is 247 Å². The summed E-state index contributed by atoms with van der Waals surface area (Å²) in [5.41, 5.74) is 5.15. The number of benzene rings is 4. The van der Waals surface area contributed by atoms with E-state index in [1.54, 1.807) is 59.0 Å². The van der Waals surface area contributed by atoms with Gasteiger partial charge in [0, 0.05) is 96.2 Å². The molecule has 4 N–H and O–H groups in total. The van der Waals surface area contributed by atoms with Gasteiger partial charge in [0.15, 0.2) is 11.6 Å². The molecule has 4 amide bonds. The van der Waals surface area contributed by atoms with Crippen LogP contribution in [-0.2, 0) is 35.1 Å². The lowest BCUT2D eigenvalue weighted by Gasteiger charge is -2.35. The van der Waals surface area contributed by atoms with E-state index in [1.165, 1.54) is 17.9 Å². The van der Waals surface area contributed by atoms with Crippen molar-refractivity contribution in [1.82, 2.24) is 40.1 Å². The molecule has 7 aromatic rings. The molecule has 2 saturated heterocycles. The molecule has 24 heteroatoms. The number of carbonyl (C=O) groups is 4. The second kappa shape index (κ2) is 27.8. The molecule has 3 atom stereocenters. The molecule has 446 valence electrons. The molecule has 9 rings (SSSR count). The summed E-state index contributed by atoms with van der Waals surface area (Å²) in [5, 5.41) is 33.3. The third kappa shape index (κ3) is 14.3. The third-order valence-electron chi connectivity index (χ3n) is 15.1. The molecule has 0 unspecified atom stereocenters. The molecule has 84 heavy (non-hydrogen) atoms. The van der Waals surface area contributed by atoms with Gasteiger partial charge >= 0.3 is 0 Å². The van der Waals surface area contributed by atoms with Crippen LogP contribution < -0.4 is 25.0 Å². The molecule has 3 aromatic heterocycles. The number of halogens is 2. The maximum absolute atomic E-state index is 17.0. The van der Waals surface area contributed by atoms with Crippen LogP contribution in [0.5, 0.6) is 17.4 Å². The number of aromatic hydroxyl groups is 1. The van der Waals surface area contributed by atoms with Gasteiger partial charge in [-0.05, 0) is 76.1 Å². The van der Waals surface area contributed by atoms with Crippen molar-refractivity contribution in [3.63, 3.8) is 0 Å². The Hall–Kier alpha value is -7.70. The van der Waals surface area contributed by atoms with E-state index >= 15 is 4.39 Å². The summed E-state index contributed by atoms with van der Waals surface area (Å²) < 4.78 is 45.5. The summed E-state index contributed by atoms with van der Waals surface area (Å²) in [4.78, 5) is 74.6. The SMILES string of the molecule is COc1cc(-c2scnc2C)ccc1CCNC(=O)[C@@H]1C[C@H](O)CN1C(=O)[C@H](c1cc(OCCOCCOCCN(C)C(=O)CCNc2nc(N3CCN(C(C)=O)CC3)c3cc(Cl)c(-c4cc(O)cc5ccccc45)c(F)c3n2)no1)C(C)C. The van der Waals surface area contributed by atoms with Gasteiger partial charge in [0.05, 0.1) is 60.7 Å². The molecule has 0 radical (unpaired) electrons. The van der Waals surface area contributed by atoms with Gasteiger partial charge in [-0.2, -0.15) is 4.98 Å². The van der Waals surface area contributed by atoms with E-state index in [0.29, 0.717) is 79.0 Å². The van der Waals surface area contributed by atoms with Crippen LogP contribution in [0, 0.1) is 18.7 Å². The van der Waals surface area contributed by atoms with Gasteiger partial charge in [-0.3, -0.25) is 19.2 Å². The van der Waals surface area contributed by atoms with Gasteiger partial charge in [-0.25, -0.2) is 14.4 Å². The van der Waals surface area contributed by atoms with Crippen LogP contribution in [-0.4, -0.2) is 180 Å². The first-order chi connectivity index (χ1) is 40.5. The number of aryl methyl sites for hydroxylation is 1. The first-order valence-corrected chi connectivity index (χ1v) is 29.2. The normalized spacial score (nSPS) is 15.7. The lowest BCUT2D eigenvalue weighted by molar-refractivity contribution is -0.140. The maximum atomic E-state index is 17.0. The molecule has 2 aliphatic heterocycles. The van der Waals surface area contributed by atoms with E-state index in [-0.39, 0.29) is 128 Å². The number of carbonyl (C=O) groups excluding carboxylic acids is 4. The van der Waals surface area contributed by atoms with Crippen LogP contribution in [0.1, 0.15) is 56.5 Å². The zero-order valence-corrected chi connectivity index (χ0v) is 49.4. The second-order valence-corrected chi connectivity index (χ2v) is 22.4. The Morgan fingerprint density at radius 1 is 0.952 bits per heavy atom. The summed E-state index contributed by atoms with van der Waals surface area (Å²) in [6.07, 6.45) is -0.205. The van der Waals surface area contributed by atoms with Crippen molar-refractivity contribution < 1.29 is 57.3 Å². The van der Waals surface area contributed by atoms with Crippen molar-refractivity contribution in [3.05, 3.63) is 100 Å². The second-order valence-electron chi connectivity index (χ2n) is 21.1. The highest BCUT2D eigenvalue weighted by atomic mass is 35.5. The molecule has 0 spiro atoms. The number of amides is 4. The number of aliphatic hydroxyl groups is 1. The molecule has 21 nitrogen and oxygen atoms in total. The average Bonchev–Trinajstić information content (AvgIpc) is 3.02. The van der Waals surface area contributed by atoms with Gasteiger partial charge in [-0.15, -0.1) is 11.3 Å². The number of piperazine rings is 1. The van der Waals surface area contributed by atoms with Gasteiger partial charge < -0.3 is 63.9 Å². The number of ether oxygens (including phenoxy) is 4. The molecule has 5 heterocycles. The summed E-state index contributed by atoms with van der Waals surface area (Å²) in [5.74, 6) is -1.05. The van der Waals surface area contributed by atoms with Crippen molar-refractivity contribution in [2.75, 3.05) is 110 Å². The average molecular weight is 1190 g/mol. The molecule has 0 saturated carbocycles. The number of hydrogen-bond donors (Lipinski definition) is 4. The summed E-state index contributed by atoms with van der Waals surface area (Å²) in [6.45, 7) is 10.8. The van der Waals surface area contributed by atoms with Gasteiger partial charge in [0.1, 0.15) is 41.4 Å². The number of nitrogens with zero attached hydrogens (tertiary/aromatic N) is 8. The van der Waals surface area contributed by atoms with Crippen LogP contribution in [0.3, 0.4) is 0 Å². The lowest BCUT2D eigenvalue weighted by Crippen LogP contribution is -2.48. The van der Waals surface area contributed by atoms with E-state index in [0.717, 1.165) is 21.7 Å². The van der Waals surface area contributed by atoms with E-state index < -0.39 is 23.9 Å². The number of rotatable bonds is 25. The Labute approximate surface area is 495 Å². The zero-order chi connectivity index (χ0) is 59.6. The summed E-state index contributed by atoms with van der Waals surface area (Å²) >= 11 is 8.44. The Kier molecular flexibility index (Phi) is 20.1. The van der Waals surface area contributed by atoms with E-state index in [2.05, 4.69) is 25.8 Å². The summed E-state index contributed by atoms with van der Waals surface area (Å²) in [7, 11) is 3.28. The van der Waals surface area contributed by atoms with Crippen molar-refractivity contribution in [2.24, 2.45) is 5.92 Å². The minimum absolute atomic E-state index is 0.000344. The predicted octanol–water partition coefficient (Wildman–Crippen LogP) is 7.48. The van der Waals surface area contributed by atoms with E-state index in [9.17, 15) is 29.4 Å². The van der Waals surface area contributed by atoms with Crippen LogP contribution in [0.4, 0.5) is 16.2 Å². The number of nitrogens with one attached hydrogen (secondary N) is 2. The number of hydrogen-bond acceptors (Lipinski definition) is 18. The molecular weight excluding hydrogens is 1120 g/mol. The number of aliphatic hydroxyl groups excluding tert-OH is 1. The summed E-state index contributed by atoms with van der Waals surface area (Å²) in [6, 6.07) is 18.6. The number of fused-ring (bicyclic) bond motifs is 2. The number of β-amino-alcohol motifs (C(OH)–C–C–N with tert-alkyl or cyclic N) is 1. The smallest absolute Gasteiger partial charge is 0.254 e. The number of likely N-dealkylation sites (N-methyl/N-ethyl adjacent to an activating group) is 1. The highest BCUT2D eigenvalue weighted by molar-refractivity contribution is 7.13. The van der Waals surface area contributed by atoms with Crippen molar-refractivity contribution in [3.8, 4) is 38.9 Å². The fourth-order valence-electron chi connectivity index (χ4n) is 10.6. The molecule has 0 aliphatic carbocycles. The molecule has 2 aliphatic rings. The minimum Gasteiger partial charge on any atom is -0.508 e. The van der Waals surface area contributed by atoms with Gasteiger partial charge in [-0.1, -0.05) is 61.8 Å². The quantitative estimate of drug-likeness (QED) is 0.0405. The van der Waals surface area contributed by atoms with Crippen molar-refractivity contribution in [2.45, 2.75) is 65.0 Å². The number of thiazole rings is 1. The first-order valence-electron chi connectivity index (χ1n) is 28.0. The largest absolute Gasteiger partial charge is 0.508 e. The first kappa shape index (κ1) is 60.9. The number of phenolic OH excluding ortho intramolecular Hbond substituents is 1. The minimum atomic E-state index is -0.875. The van der Waals surface area contributed by atoms with E-state index in [4.69, 9.17) is 40.1 Å². The standard InChI is InChI=1S/C60H70ClFN10O11S/c1-35(2)52(59(78)72-33-42(75)30-47(72)58(77)63-15-13-38-11-12-40(28-48(38)79-6)56-36(3)65-34-84-56)49-32-50(68-83-49)82-26-25-81-24-23-80-22-21-69(5)51(76)14-16-64-60-66-55-45(57(67-60)71-19-17-70(18-20-71)37(4)73)31-46(61)53(54(55)62)44-29-41(74)27-39-9-7-8-10-43(39)44/h7-12,27-29,31-32,34-35,42,47,52,74-75H,13-26,30,33H2,1-6H3,(H,63,77)(H,64,66,67)/t42-,47-,52-/m0/s1. The van der Waals surface area contributed by atoms with Crippen molar-refractivity contribution >= 4 is 80.0 Å². The molecular formula is C60H70ClFN10O11S. The highest BCUT2D eigenvalue weighted by Gasteiger charge is 2.43. The number of anilines is 2. The molecule has 4 aromatic carbocycles. The van der Waals surface area contributed by atoms with E-state index in [1.807, 2.05) is 68.1 Å². The highest BCUT2D eigenvalue weighted by Crippen LogP contribution is 2.43. The Balaban J connectivity index is 0.703. The van der Waals surface area contributed by atoms with Crippen molar-refractivity contribution in [1.29, 1.82) is 0 Å². The predicted molar refractivity (Wildman–Crippen MR) is 317 cm³/mol. The monoisotopic (exact) mass is 1190 g/mol. The van der Waals surface area contributed by atoms with Crippen LogP contribution in [0.15, 0.2) is 76.8 Å². The molecule has 0 bridgehead atoms. The number of methoxy groups -OCH3 is 1. The number of phenols is 1. The van der Waals surface area contributed by atoms with Gasteiger partial charge in [0.2, 0.25) is 29.6 Å². The number of likely N-dealkylation sites (tertiary alicyclic amines) is 1. The number of aromatic nitrogens is 4. The fraction of sp³-hybridized carbons (Fsp3) is 0.433. The Morgan fingerprint density at radius 2 is 1.71 bits per heavy atom. The zero-order valence-electron chi connectivity index (χ0n) is 47.9. The van der Waals surface area contributed by atoms with Crippen LogP contribution in [0.25, 0.3) is 43.2 Å². The van der Waals surface area contributed by atoms with Crippen LogP contribution >= 0.6 is 22.9 Å². The maximum Gasteiger partial charge on any atom is 0.254 e.